The van der Waals surface area contributed by atoms with Crippen molar-refractivity contribution < 1.29 is 8.78 Å². The molecule has 0 amide bonds. The number of alkyl halides is 2. The predicted molar refractivity (Wildman–Crippen MR) is 56.1 cm³/mol. The van der Waals surface area contributed by atoms with E-state index in [-0.39, 0.29) is 12.3 Å². The van der Waals surface area contributed by atoms with Gasteiger partial charge in [0.2, 0.25) is 0 Å². The minimum atomic E-state index is -2.46. The number of likely N-dealkylation sites (tertiary alicyclic amines) is 1. The van der Waals surface area contributed by atoms with Crippen molar-refractivity contribution in [2.24, 2.45) is 11.8 Å². The molecule has 15 heavy (non-hydrogen) atoms. The Balaban J connectivity index is 1.87. The Morgan fingerprint density at radius 2 is 2.20 bits per heavy atom. The van der Waals surface area contributed by atoms with Crippen LogP contribution in [-0.4, -0.2) is 44.0 Å². The number of rotatable bonds is 3. The predicted octanol–water partition coefficient (Wildman–Crippen LogP) is 1.57. The molecule has 0 aromatic rings. The van der Waals surface area contributed by atoms with Crippen LogP contribution in [-0.2, 0) is 0 Å². The molecule has 0 aliphatic carbocycles. The van der Waals surface area contributed by atoms with E-state index in [1.807, 2.05) is 11.9 Å². The van der Waals surface area contributed by atoms with E-state index in [9.17, 15) is 8.78 Å². The standard InChI is InChI=1S/C11H20F2N2/c1-15-5-3-10(8-15)11(12,13)6-9-2-4-14-7-9/h9-10,14H,2-8H2,1H3. The Labute approximate surface area is 90.0 Å². The highest BCUT2D eigenvalue weighted by Gasteiger charge is 2.44. The number of nitrogens with one attached hydrogen (secondary N) is 1. The third-order valence-electron chi connectivity index (χ3n) is 3.71. The largest absolute Gasteiger partial charge is 0.316 e. The van der Waals surface area contributed by atoms with Gasteiger partial charge in [-0.2, -0.15) is 0 Å². The van der Waals surface area contributed by atoms with Gasteiger partial charge in [-0.15, -0.1) is 0 Å². The third kappa shape index (κ3) is 2.67. The van der Waals surface area contributed by atoms with Crippen molar-refractivity contribution in [1.82, 2.24) is 10.2 Å². The molecule has 2 heterocycles. The van der Waals surface area contributed by atoms with Crippen LogP contribution in [0.3, 0.4) is 0 Å². The molecule has 2 aliphatic rings. The molecule has 4 heteroatoms. The molecule has 2 aliphatic heterocycles. The van der Waals surface area contributed by atoms with E-state index in [0.29, 0.717) is 13.0 Å². The first-order valence-corrected chi connectivity index (χ1v) is 5.85. The first-order chi connectivity index (χ1) is 7.08. The summed E-state index contributed by atoms with van der Waals surface area (Å²) in [6.07, 6.45) is 1.65. The summed E-state index contributed by atoms with van der Waals surface area (Å²) in [6.45, 7) is 3.07. The summed E-state index contributed by atoms with van der Waals surface area (Å²) in [5.41, 5.74) is 0. The summed E-state index contributed by atoms with van der Waals surface area (Å²) in [6, 6.07) is 0. The Morgan fingerprint density at radius 1 is 1.40 bits per heavy atom. The lowest BCUT2D eigenvalue weighted by Crippen LogP contribution is -2.33. The highest BCUT2D eigenvalue weighted by Crippen LogP contribution is 2.38. The molecule has 2 saturated heterocycles. The van der Waals surface area contributed by atoms with Crippen molar-refractivity contribution in [3.63, 3.8) is 0 Å². The van der Waals surface area contributed by atoms with Gasteiger partial charge in [0.25, 0.3) is 5.92 Å². The first-order valence-electron chi connectivity index (χ1n) is 5.85. The summed E-state index contributed by atoms with van der Waals surface area (Å²) in [5.74, 6) is -2.68. The van der Waals surface area contributed by atoms with Crippen LogP contribution in [0.15, 0.2) is 0 Å². The molecule has 0 saturated carbocycles. The molecule has 0 spiro atoms. The van der Waals surface area contributed by atoms with E-state index in [1.165, 1.54) is 0 Å². The highest BCUT2D eigenvalue weighted by molar-refractivity contribution is 4.88. The van der Waals surface area contributed by atoms with E-state index in [1.54, 1.807) is 0 Å². The topological polar surface area (TPSA) is 15.3 Å². The highest BCUT2D eigenvalue weighted by atomic mass is 19.3. The Kier molecular flexibility index (Phi) is 3.26. The summed E-state index contributed by atoms with van der Waals surface area (Å²) >= 11 is 0. The fourth-order valence-corrected chi connectivity index (χ4v) is 2.72. The summed E-state index contributed by atoms with van der Waals surface area (Å²) in [7, 11) is 1.92. The van der Waals surface area contributed by atoms with Gasteiger partial charge in [-0.3, -0.25) is 0 Å². The summed E-state index contributed by atoms with van der Waals surface area (Å²) < 4.78 is 27.8. The third-order valence-corrected chi connectivity index (χ3v) is 3.71. The van der Waals surface area contributed by atoms with E-state index >= 15 is 0 Å². The second-order valence-corrected chi connectivity index (χ2v) is 5.07. The van der Waals surface area contributed by atoms with Gasteiger partial charge in [-0.05, 0) is 45.4 Å². The lowest BCUT2D eigenvalue weighted by atomic mass is 9.90. The van der Waals surface area contributed by atoms with Crippen LogP contribution in [0.1, 0.15) is 19.3 Å². The van der Waals surface area contributed by atoms with Crippen molar-refractivity contribution in [3.05, 3.63) is 0 Å². The zero-order chi connectivity index (χ0) is 10.9. The molecule has 2 atom stereocenters. The smallest absolute Gasteiger partial charge is 0.252 e. The average molecular weight is 218 g/mol. The van der Waals surface area contributed by atoms with Gasteiger partial charge in [0.1, 0.15) is 0 Å². The fourth-order valence-electron chi connectivity index (χ4n) is 2.72. The minimum absolute atomic E-state index is 0.0819. The second-order valence-electron chi connectivity index (χ2n) is 5.07. The van der Waals surface area contributed by atoms with E-state index in [0.717, 1.165) is 26.1 Å². The SMILES string of the molecule is CN1CCC(C(F)(F)CC2CCNC2)C1. The molecule has 2 fully saturated rings. The Morgan fingerprint density at radius 3 is 2.73 bits per heavy atom. The average Bonchev–Trinajstić information content (AvgIpc) is 2.75. The van der Waals surface area contributed by atoms with Crippen LogP contribution in [0.25, 0.3) is 0 Å². The monoisotopic (exact) mass is 218 g/mol. The lowest BCUT2D eigenvalue weighted by Gasteiger charge is -2.25. The molecule has 2 nitrogen and oxygen atoms in total. The molecule has 1 N–H and O–H groups in total. The van der Waals surface area contributed by atoms with Gasteiger partial charge in [0.15, 0.2) is 0 Å². The number of hydrogen-bond acceptors (Lipinski definition) is 2. The van der Waals surface area contributed by atoms with Gasteiger partial charge in [0.05, 0.1) is 0 Å². The quantitative estimate of drug-likeness (QED) is 0.773. The van der Waals surface area contributed by atoms with Gasteiger partial charge < -0.3 is 10.2 Å². The summed E-state index contributed by atoms with van der Waals surface area (Å²) in [5, 5.41) is 3.15. The zero-order valence-corrected chi connectivity index (χ0v) is 9.31. The number of halogens is 2. The van der Waals surface area contributed by atoms with Crippen molar-refractivity contribution >= 4 is 0 Å². The molecular weight excluding hydrogens is 198 g/mol. The van der Waals surface area contributed by atoms with Crippen LogP contribution in [0.4, 0.5) is 8.78 Å². The van der Waals surface area contributed by atoms with Crippen LogP contribution < -0.4 is 5.32 Å². The van der Waals surface area contributed by atoms with Crippen molar-refractivity contribution in [1.29, 1.82) is 0 Å². The molecule has 2 rings (SSSR count). The maximum Gasteiger partial charge on any atom is 0.252 e. The van der Waals surface area contributed by atoms with Gasteiger partial charge >= 0.3 is 0 Å². The van der Waals surface area contributed by atoms with E-state index < -0.39 is 11.8 Å². The zero-order valence-electron chi connectivity index (χ0n) is 9.31. The number of hydrogen-bond donors (Lipinski definition) is 1. The normalized spacial score (nSPS) is 33.8. The lowest BCUT2D eigenvalue weighted by molar-refractivity contribution is -0.0712. The Bertz CT molecular complexity index is 215. The maximum atomic E-state index is 13.9. The van der Waals surface area contributed by atoms with Gasteiger partial charge in [-0.25, -0.2) is 8.78 Å². The molecular formula is C11H20F2N2. The van der Waals surface area contributed by atoms with E-state index in [2.05, 4.69) is 5.32 Å². The maximum absolute atomic E-state index is 13.9. The van der Waals surface area contributed by atoms with Crippen LogP contribution in [0.5, 0.6) is 0 Å². The van der Waals surface area contributed by atoms with Gasteiger partial charge in [-0.1, -0.05) is 0 Å². The van der Waals surface area contributed by atoms with Crippen molar-refractivity contribution in [2.45, 2.75) is 25.2 Å². The molecule has 2 unspecified atom stereocenters. The van der Waals surface area contributed by atoms with E-state index in [4.69, 9.17) is 0 Å². The number of nitrogens with zero attached hydrogens (tertiary/aromatic N) is 1. The molecule has 0 aromatic carbocycles. The van der Waals surface area contributed by atoms with Crippen molar-refractivity contribution in [3.8, 4) is 0 Å². The Hall–Kier alpha value is -0.220. The summed E-state index contributed by atoms with van der Waals surface area (Å²) in [4.78, 5) is 2.01. The van der Waals surface area contributed by atoms with Gasteiger partial charge in [0, 0.05) is 18.9 Å². The first kappa shape index (κ1) is 11.3. The second kappa shape index (κ2) is 4.34. The van der Waals surface area contributed by atoms with Crippen molar-refractivity contribution in [2.75, 3.05) is 33.2 Å². The van der Waals surface area contributed by atoms with Crippen LogP contribution in [0, 0.1) is 11.8 Å². The molecule has 88 valence electrons. The van der Waals surface area contributed by atoms with Crippen LogP contribution >= 0.6 is 0 Å². The molecule has 0 bridgehead atoms. The molecule has 0 aromatic heterocycles. The minimum Gasteiger partial charge on any atom is -0.316 e. The van der Waals surface area contributed by atoms with Crippen LogP contribution in [0.2, 0.25) is 0 Å². The fraction of sp³-hybridized carbons (Fsp3) is 1.00. The molecule has 0 radical (unpaired) electrons.